The third-order valence-corrected chi connectivity index (χ3v) is 4.63. The van der Waals surface area contributed by atoms with Crippen LogP contribution in [-0.2, 0) is 0 Å². The van der Waals surface area contributed by atoms with E-state index in [2.05, 4.69) is 50.2 Å². The van der Waals surface area contributed by atoms with E-state index in [1.54, 1.807) is 22.3 Å². The number of hydrogen-bond acceptors (Lipinski definition) is 0. The Balaban J connectivity index is 2.04. The molecule has 0 aromatic heterocycles. The van der Waals surface area contributed by atoms with E-state index >= 15 is 0 Å². The summed E-state index contributed by atoms with van der Waals surface area (Å²) in [5.74, 6) is 1.34. The highest BCUT2D eigenvalue weighted by molar-refractivity contribution is 5.62. The van der Waals surface area contributed by atoms with Gasteiger partial charge in [0.1, 0.15) is 0 Å². The number of fused-ring (bicyclic) bond motifs is 8. The minimum Gasteiger partial charge on any atom is -0.0617 e. The molecule has 0 amide bonds. The summed E-state index contributed by atoms with van der Waals surface area (Å²) in [5.41, 5.74) is 9.38. The van der Waals surface area contributed by atoms with Gasteiger partial charge in [-0.1, -0.05) is 36.4 Å². The van der Waals surface area contributed by atoms with Crippen molar-refractivity contribution in [2.75, 3.05) is 0 Å². The summed E-state index contributed by atoms with van der Waals surface area (Å²) in [7, 11) is 0. The Morgan fingerprint density at radius 3 is 1.82 bits per heavy atom. The molecule has 2 aromatic rings. The van der Waals surface area contributed by atoms with Crippen molar-refractivity contribution in [2.45, 2.75) is 32.1 Å². The molecule has 0 saturated heterocycles. The zero-order chi connectivity index (χ0) is 11.6. The van der Waals surface area contributed by atoms with Crippen molar-refractivity contribution in [1.82, 2.24) is 0 Å². The third-order valence-electron chi connectivity index (χ3n) is 4.63. The SMILES string of the molecule is Cc1cccc2c1C1CC2c2cccc(C)c21. The van der Waals surface area contributed by atoms with E-state index in [1.165, 1.54) is 17.5 Å². The number of aryl methyl sites for hydroxylation is 2. The fourth-order valence-corrected chi connectivity index (χ4v) is 4.00. The molecule has 0 spiro atoms. The lowest BCUT2D eigenvalue weighted by molar-refractivity contribution is 0.792. The molecule has 17 heavy (non-hydrogen) atoms. The van der Waals surface area contributed by atoms with Crippen LogP contribution < -0.4 is 0 Å². The van der Waals surface area contributed by atoms with Crippen molar-refractivity contribution in [2.24, 2.45) is 0 Å². The normalized spacial score (nSPS) is 23.6. The average molecular weight is 220 g/mol. The van der Waals surface area contributed by atoms with Gasteiger partial charge in [0.05, 0.1) is 0 Å². The largest absolute Gasteiger partial charge is 0.0617 e. The van der Waals surface area contributed by atoms with Crippen molar-refractivity contribution in [1.29, 1.82) is 0 Å². The fourth-order valence-electron chi connectivity index (χ4n) is 4.00. The quantitative estimate of drug-likeness (QED) is 0.621. The second kappa shape index (κ2) is 3.01. The van der Waals surface area contributed by atoms with Crippen LogP contribution in [0.5, 0.6) is 0 Å². The van der Waals surface area contributed by atoms with Gasteiger partial charge in [-0.2, -0.15) is 0 Å². The summed E-state index contributed by atoms with van der Waals surface area (Å²) in [6.07, 6.45) is 1.31. The van der Waals surface area contributed by atoms with Crippen LogP contribution in [0.25, 0.3) is 0 Å². The average Bonchev–Trinajstić information content (AvgIpc) is 2.87. The predicted octanol–water partition coefficient (Wildman–Crippen LogP) is 4.28. The third kappa shape index (κ3) is 1.04. The maximum absolute atomic E-state index is 2.33. The molecule has 0 fully saturated rings. The van der Waals surface area contributed by atoms with Crippen molar-refractivity contribution in [3.05, 3.63) is 69.8 Å². The molecule has 2 aliphatic carbocycles. The molecule has 4 rings (SSSR count). The van der Waals surface area contributed by atoms with Crippen molar-refractivity contribution >= 4 is 0 Å². The molecule has 0 atom stereocenters. The first kappa shape index (κ1) is 9.47. The zero-order valence-corrected chi connectivity index (χ0v) is 10.3. The number of rotatable bonds is 0. The fraction of sp³-hybridized carbons (Fsp3) is 0.294. The molecule has 0 nitrogen and oxygen atoms in total. The van der Waals surface area contributed by atoms with Gasteiger partial charge in [-0.05, 0) is 53.6 Å². The van der Waals surface area contributed by atoms with Crippen LogP contribution in [0.1, 0.15) is 51.6 Å². The summed E-state index contributed by atoms with van der Waals surface area (Å²) in [6.45, 7) is 4.52. The van der Waals surface area contributed by atoms with E-state index in [0.717, 1.165) is 0 Å². The van der Waals surface area contributed by atoms with Gasteiger partial charge < -0.3 is 0 Å². The highest BCUT2D eigenvalue weighted by atomic mass is 14.5. The first-order valence-corrected chi connectivity index (χ1v) is 6.46. The van der Waals surface area contributed by atoms with Gasteiger partial charge in [-0.25, -0.2) is 0 Å². The van der Waals surface area contributed by atoms with Gasteiger partial charge in [0.15, 0.2) is 0 Å². The Kier molecular flexibility index (Phi) is 1.68. The molecular weight excluding hydrogens is 204 g/mol. The second-order valence-electron chi connectivity index (χ2n) is 5.50. The molecule has 0 radical (unpaired) electrons. The molecule has 2 aromatic carbocycles. The Labute approximate surface area is 102 Å². The lowest BCUT2D eigenvalue weighted by atomic mass is 9.82. The molecule has 0 saturated carbocycles. The molecule has 84 valence electrons. The molecule has 0 heteroatoms. The van der Waals surface area contributed by atoms with Crippen LogP contribution in [0.2, 0.25) is 0 Å². The van der Waals surface area contributed by atoms with E-state index in [9.17, 15) is 0 Å². The highest BCUT2D eigenvalue weighted by Gasteiger charge is 2.42. The summed E-state index contributed by atoms with van der Waals surface area (Å²) in [6, 6.07) is 13.6. The lowest BCUT2D eigenvalue weighted by Gasteiger charge is -2.22. The Morgan fingerprint density at radius 1 is 0.765 bits per heavy atom. The van der Waals surface area contributed by atoms with E-state index in [0.29, 0.717) is 11.8 Å². The molecule has 2 aliphatic rings. The van der Waals surface area contributed by atoms with Crippen molar-refractivity contribution < 1.29 is 0 Å². The first-order valence-electron chi connectivity index (χ1n) is 6.46. The van der Waals surface area contributed by atoms with Gasteiger partial charge in [0, 0.05) is 11.8 Å². The first-order chi connectivity index (χ1) is 8.27. The Hall–Kier alpha value is -1.56. The topological polar surface area (TPSA) is 0 Å². The summed E-state index contributed by atoms with van der Waals surface area (Å²) >= 11 is 0. The van der Waals surface area contributed by atoms with Crippen LogP contribution in [-0.4, -0.2) is 0 Å². The van der Waals surface area contributed by atoms with Gasteiger partial charge in [0.25, 0.3) is 0 Å². The van der Waals surface area contributed by atoms with Crippen LogP contribution in [0.3, 0.4) is 0 Å². The molecular formula is C17H16. The van der Waals surface area contributed by atoms with Crippen LogP contribution in [0.4, 0.5) is 0 Å². The van der Waals surface area contributed by atoms with Crippen LogP contribution in [0.15, 0.2) is 36.4 Å². The monoisotopic (exact) mass is 220 g/mol. The molecule has 2 bridgehead atoms. The maximum atomic E-state index is 2.33. The van der Waals surface area contributed by atoms with E-state index < -0.39 is 0 Å². The predicted molar refractivity (Wildman–Crippen MR) is 70.7 cm³/mol. The molecule has 0 aliphatic heterocycles. The second-order valence-corrected chi connectivity index (χ2v) is 5.50. The molecule has 0 heterocycles. The minimum absolute atomic E-state index is 0.671. The molecule has 0 unspecified atom stereocenters. The zero-order valence-electron chi connectivity index (χ0n) is 10.3. The summed E-state index contributed by atoms with van der Waals surface area (Å²) < 4.78 is 0. The van der Waals surface area contributed by atoms with Gasteiger partial charge in [-0.15, -0.1) is 0 Å². The Bertz CT molecular complexity index is 568. The van der Waals surface area contributed by atoms with Gasteiger partial charge in [-0.3, -0.25) is 0 Å². The maximum Gasteiger partial charge on any atom is 0.0109 e. The van der Waals surface area contributed by atoms with E-state index in [4.69, 9.17) is 0 Å². The minimum atomic E-state index is 0.671. The van der Waals surface area contributed by atoms with Gasteiger partial charge in [0.2, 0.25) is 0 Å². The summed E-state index contributed by atoms with van der Waals surface area (Å²) in [4.78, 5) is 0. The highest BCUT2D eigenvalue weighted by Crippen LogP contribution is 2.57. The van der Waals surface area contributed by atoms with Crippen molar-refractivity contribution in [3.63, 3.8) is 0 Å². The smallest absolute Gasteiger partial charge is 0.0109 e. The standard InChI is InChI=1S/C17H16/c1-10-5-3-7-12-14-9-15(16(10)12)17-11(2)6-4-8-13(14)17/h3-8,14-15H,9H2,1-2H3. The van der Waals surface area contributed by atoms with E-state index in [-0.39, 0.29) is 0 Å². The summed E-state index contributed by atoms with van der Waals surface area (Å²) in [5, 5.41) is 0. The van der Waals surface area contributed by atoms with Crippen LogP contribution in [0, 0.1) is 13.8 Å². The van der Waals surface area contributed by atoms with Crippen molar-refractivity contribution in [3.8, 4) is 0 Å². The van der Waals surface area contributed by atoms with E-state index in [1.807, 2.05) is 0 Å². The number of hydrogen-bond donors (Lipinski definition) is 0. The van der Waals surface area contributed by atoms with Gasteiger partial charge >= 0.3 is 0 Å². The Morgan fingerprint density at radius 2 is 1.29 bits per heavy atom. The number of benzene rings is 2. The lowest BCUT2D eigenvalue weighted by Crippen LogP contribution is -2.06. The van der Waals surface area contributed by atoms with Crippen LogP contribution >= 0.6 is 0 Å². The molecule has 0 N–H and O–H groups in total.